The van der Waals surface area contributed by atoms with Gasteiger partial charge in [0.1, 0.15) is 5.75 Å². The van der Waals surface area contributed by atoms with Crippen LogP contribution in [-0.4, -0.2) is 43.0 Å². The normalized spacial score (nSPS) is 18.0. The van der Waals surface area contributed by atoms with Gasteiger partial charge in [-0.25, -0.2) is 17.5 Å². The molecule has 11 heteroatoms. The minimum Gasteiger partial charge on any atom is -0.408 e. The summed E-state index contributed by atoms with van der Waals surface area (Å²) >= 11 is 0. The van der Waals surface area contributed by atoms with Gasteiger partial charge in [0.25, 0.3) is 0 Å². The predicted octanol–water partition coefficient (Wildman–Crippen LogP) is 3.44. The summed E-state index contributed by atoms with van der Waals surface area (Å²) < 4.78 is 72.5. The number of ether oxygens (including phenoxy) is 1. The second-order valence-corrected chi connectivity index (χ2v) is 9.49. The summed E-state index contributed by atoms with van der Waals surface area (Å²) in [6.07, 6.45) is -2.97. The molecule has 0 N–H and O–H groups in total. The van der Waals surface area contributed by atoms with Crippen LogP contribution in [0.1, 0.15) is 6.42 Å². The van der Waals surface area contributed by atoms with E-state index in [-0.39, 0.29) is 11.7 Å². The molecule has 7 nitrogen and oxygen atoms in total. The third-order valence-electron chi connectivity index (χ3n) is 5.25. The Balaban J connectivity index is 1.60. The van der Waals surface area contributed by atoms with Crippen LogP contribution in [0.15, 0.2) is 51.7 Å². The molecule has 0 amide bonds. The van der Waals surface area contributed by atoms with Crippen molar-refractivity contribution in [2.24, 2.45) is 5.92 Å². The molecule has 4 rings (SSSR count). The predicted molar refractivity (Wildman–Crippen MR) is 107 cm³/mol. The van der Waals surface area contributed by atoms with Gasteiger partial charge < -0.3 is 9.15 Å². The van der Waals surface area contributed by atoms with Crippen LogP contribution in [0.4, 0.5) is 13.2 Å². The molecule has 0 spiro atoms. The first-order valence-corrected chi connectivity index (χ1v) is 11.3. The molecule has 2 aromatic carbocycles. The van der Waals surface area contributed by atoms with Crippen molar-refractivity contribution in [3.05, 3.63) is 53.0 Å². The number of fused-ring (bicyclic) bond motifs is 1. The van der Waals surface area contributed by atoms with Crippen molar-refractivity contribution in [3.63, 3.8) is 0 Å². The Hall–Kier alpha value is -2.79. The molecule has 1 aliphatic heterocycles. The maximum absolute atomic E-state index is 12.4. The molecule has 31 heavy (non-hydrogen) atoms. The topological polar surface area (TPSA) is 81.8 Å². The first kappa shape index (κ1) is 21.4. The standard InChI is InChI=1S/C20H19F3N2O5S/c1-31(27,28)24-9-8-13(11-24)12-25-17-10-15(4-7-18(17)29-19(25)26)14-2-5-16(6-3-14)30-20(21,22)23/h2-7,10,13H,8-9,11-12H2,1H3/t13-/m0/s1. The van der Waals surface area contributed by atoms with Gasteiger partial charge >= 0.3 is 12.1 Å². The molecule has 1 aromatic heterocycles. The minimum atomic E-state index is -4.76. The van der Waals surface area contributed by atoms with E-state index in [4.69, 9.17) is 4.42 Å². The molecule has 166 valence electrons. The van der Waals surface area contributed by atoms with Gasteiger partial charge in [0.05, 0.1) is 11.8 Å². The van der Waals surface area contributed by atoms with Gasteiger partial charge in [-0.3, -0.25) is 4.57 Å². The van der Waals surface area contributed by atoms with E-state index >= 15 is 0 Å². The molecule has 3 aromatic rings. The number of benzene rings is 2. The third-order valence-corrected chi connectivity index (χ3v) is 6.52. The Bertz CT molecular complexity index is 1260. The van der Waals surface area contributed by atoms with Gasteiger partial charge in [-0.2, -0.15) is 0 Å². The summed E-state index contributed by atoms with van der Waals surface area (Å²) in [7, 11) is -3.28. The van der Waals surface area contributed by atoms with E-state index in [1.807, 2.05) is 0 Å². The number of rotatable bonds is 5. The Morgan fingerprint density at radius 3 is 2.42 bits per heavy atom. The van der Waals surface area contributed by atoms with Crippen molar-refractivity contribution in [1.29, 1.82) is 0 Å². The number of sulfonamides is 1. The fourth-order valence-electron chi connectivity index (χ4n) is 3.77. The average molecular weight is 456 g/mol. The zero-order valence-corrected chi connectivity index (χ0v) is 17.2. The maximum atomic E-state index is 12.4. The zero-order chi connectivity index (χ0) is 22.4. The number of alkyl halides is 3. The lowest BCUT2D eigenvalue weighted by atomic mass is 10.0. The monoisotopic (exact) mass is 456 g/mol. The number of hydrogen-bond acceptors (Lipinski definition) is 5. The van der Waals surface area contributed by atoms with E-state index in [1.54, 1.807) is 18.2 Å². The molecule has 1 atom stereocenters. The van der Waals surface area contributed by atoms with Crippen LogP contribution < -0.4 is 10.5 Å². The van der Waals surface area contributed by atoms with Crippen molar-refractivity contribution in [3.8, 4) is 16.9 Å². The largest absolute Gasteiger partial charge is 0.573 e. The van der Waals surface area contributed by atoms with Gasteiger partial charge in [0.2, 0.25) is 10.0 Å². The summed E-state index contributed by atoms with van der Waals surface area (Å²) in [5, 5.41) is 0. The summed E-state index contributed by atoms with van der Waals surface area (Å²) in [5.74, 6) is -0.899. The molecule has 0 radical (unpaired) electrons. The van der Waals surface area contributed by atoms with Gasteiger partial charge in [-0.1, -0.05) is 18.2 Å². The zero-order valence-electron chi connectivity index (χ0n) is 16.4. The Kier molecular flexibility index (Phi) is 5.34. The summed E-state index contributed by atoms with van der Waals surface area (Å²) in [6, 6.07) is 10.5. The number of hydrogen-bond donors (Lipinski definition) is 0. The van der Waals surface area contributed by atoms with Crippen molar-refractivity contribution in [2.45, 2.75) is 19.3 Å². The molecular weight excluding hydrogens is 437 g/mol. The number of nitrogens with zero attached hydrogens (tertiary/aromatic N) is 2. The maximum Gasteiger partial charge on any atom is 0.573 e. The number of oxazole rings is 1. The second-order valence-electron chi connectivity index (χ2n) is 7.51. The van der Waals surface area contributed by atoms with Crippen LogP contribution in [0.5, 0.6) is 5.75 Å². The lowest BCUT2D eigenvalue weighted by Crippen LogP contribution is -2.28. The van der Waals surface area contributed by atoms with Crippen molar-refractivity contribution in [1.82, 2.24) is 8.87 Å². The fourth-order valence-corrected chi connectivity index (χ4v) is 4.69. The van der Waals surface area contributed by atoms with Crippen molar-refractivity contribution >= 4 is 21.1 Å². The number of halogens is 3. The molecule has 1 aliphatic rings. The Labute approximate surface area is 175 Å². The van der Waals surface area contributed by atoms with Crippen LogP contribution in [0.25, 0.3) is 22.2 Å². The SMILES string of the molecule is CS(=O)(=O)N1CC[C@H](Cn2c(=O)oc3ccc(-c4ccc(OC(F)(F)F)cc4)cc32)C1. The van der Waals surface area contributed by atoms with E-state index in [1.165, 1.54) is 33.1 Å². The molecule has 2 heterocycles. The minimum absolute atomic E-state index is 0.0318. The molecular formula is C20H19F3N2O5S. The second kappa shape index (κ2) is 7.72. The highest BCUT2D eigenvalue weighted by atomic mass is 32.2. The summed E-state index contributed by atoms with van der Waals surface area (Å²) in [4.78, 5) is 12.4. The first-order chi connectivity index (χ1) is 14.5. The van der Waals surface area contributed by atoms with Crippen LogP contribution >= 0.6 is 0 Å². The van der Waals surface area contributed by atoms with Crippen LogP contribution in [-0.2, 0) is 16.6 Å². The average Bonchev–Trinajstić information content (AvgIpc) is 3.26. The molecule has 1 saturated heterocycles. The highest BCUT2D eigenvalue weighted by Gasteiger charge is 2.31. The van der Waals surface area contributed by atoms with Gasteiger partial charge in [-0.15, -0.1) is 13.2 Å². The molecule has 0 aliphatic carbocycles. The first-order valence-electron chi connectivity index (χ1n) is 9.44. The van der Waals surface area contributed by atoms with E-state index in [0.717, 1.165) is 6.26 Å². The smallest absolute Gasteiger partial charge is 0.408 e. The van der Waals surface area contributed by atoms with Gasteiger partial charge in [0.15, 0.2) is 5.58 Å². The Morgan fingerprint density at radius 2 is 1.81 bits per heavy atom. The lowest BCUT2D eigenvalue weighted by Gasteiger charge is -2.13. The molecule has 1 fully saturated rings. The highest BCUT2D eigenvalue weighted by molar-refractivity contribution is 7.88. The quantitative estimate of drug-likeness (QED) is 0.588. The highest BCUT2D eigenvalue weighted by Crippen LogP contribution is 2.29. The third kappa shape index (κ3) is 4.77. The van der Waals surface area contributed by atoms with E-state index in [9.17, 15) is 26.4 Å². The fraction of sp³-hybridized carbons (Fsp3) is 0.350. The Morgan fingerprint density at radius 1 is 1.13 bits per heavy atom. The molecule has 0 unspecified atom stereocenters. The van der Waals surface area contributed by atoms with Crippen LogP contribution in [0.3, 0.4) is 0 Å². The summed E-state index contributed by atoms with van der Waals surface area (Å²) in [6.45, 7) is 1.05. The van der Waals surface area contributed by atoms with Crippen LogP contribution in [0, 0.1) is 5.92 Å². The molecule has 0 bridgehead atoms. The van der Waals surface area contributed by atoms with Crippen molar-refractivity contribution in [2.75, 3.05) is 19.3 Å². The van der Waals surface area contributed by atoms with E-state index in [0.29, 0.717) is 48.3 Å². The van der Waals surface area contributed by atoms with E-state index in [2.05, 4.69) is 4.74 Å². The lowest BCUT2D eigenvalue weighted by molar-refractivity contribution is -0.274. The summed E-state index contributed by atoms with van der Waals surface area (Å²) in [5.41, 5.74) is 2.24. The van der Waals surface area contributed by atoms with Gasteiger partial charge in [-0.05, 0) is 47.7 Å². The van der Waals surface area contributed by atoms with Crippen molar-refractivity contribution < 1.29 is 30.7 Å². The van der Waals surface area contributed by atoms with Crippen LogP contribution in [0.2, 0.25) is 0 Å². The number of aromatic nitrogens is 1. The van der Waals surface area contributed by atoms with Gasteiger partial charge in [0, 0.05) is 19.6 Å². The molecule has 0 saturated carbocycles. The van der Waals surface area contributed by atoms with E-state index < -0.39 is 22.1 Å².